The maximum absolute atomic E-state index is 12.7. The fourth-order valence-corrected chi connectivity index (χ4v) is 4.31. The second-order valence-corrected chi connectivity index (χ2v) is 9.08. The van der Waals surface area contributed by atoms with E-state index in [1.807, 2.05) is 0 Å². The molecule has 0 aromatic heterocycles. The number of aromatic carboxylic acids is 1. The number of hydrogen-bond acceptors (Lipinski definition) is 8. The Bertz CT molecular complexity index is 1170. The molecule has 0 bridgehead atoms. The highest BCUT2D eigenvalue weighted by Crippen LogP contribution is 2.28. The van der Waals surface area contributed by atoms with E-state index in [1.54, 1.807) is 0 Å². The number of para-hydroxylation sites is 1. The van der Waals surface area contributed by atoms with Crippen LogP contribution in [0.25, 0.3) is 0 Å². The number of hydrogen-bond donors (Lipinski definition) is 5. The number of ether oxygens (including phenoxy) is 1. The predicted molar refractivity (Wildman–Crippen MR) is 124 cm³/mol. The van der Waals surface area contributed by atoms with Gasteiger partial charge >= 0.3 is 5.97 Å². The van der Waals surface area contributed by atoms with Crippen molar-refractivity contribution in [2.45, 2.75) is 23.8 Å². The lowest BCUT2D eigenvalue weighted by atomic mass is 10.2. The first-order valence-electron chi connectivity index (χ1n) is 9.72. The Morgan fingerprint density at radius 2 is 2.00 bits per heavy atom. The first-order valence-corrected chi connectivity index (χ1v) is 11.6. The fraction of sp³-hybridized carbons (Fsp3) is 0.263. The molecule has 14 heteroatoms. The van der Waals surface area contributed by atoms with E-state index in [1.165, 1.54) is 30.3 Å². The topological polar surface area (TPSA) is 172 Å². The summed E-state index contributed by atoms with van der Waals surface area (Å²) >= 11 is 5.12. The van der Waals surface area contributed by atoms with Gasteiger partial charge in [0.1, 0.15) is 5.69 Å². The third kappa shape index (κ3) is 6.27. The van der Waals surface area contributed by atoms with Gasteiger partial charge in [0, 0.05) is 19.2 Å². The number of anilines is 2. The minimum atomic E-state index is -4.31. The van der Waals surface area contributed by atoms with Crippen molar-refractivity contribution in [2.75, 3.05) is 23.3 Å². The zero-order chi connectivity index (χ0) is 24.0. The number of nitrogens with one attached hydrogen (secondary N) is 4. The maximum Gasteiger partial charge on any atom is 0.337 e. The second-order valence-electron chi connectivity index (χ2n) is 6.99. The zero-order valence-corrected chi connectivity index (χ0v) is 18.7. The third-order valence-electron chi connectivity index (χ3n) is 4.70. The second kappa shape index (κ2) is 10.4. The van der Waals surface area contributed by atoms with E-state index in [9.17, 15) is 28.4 Å². The molecule has 0 saturated carbocycles. The van der Waals surface area contributed by atoms with Gasteiger partial charge in [0.2, 0.25) is 0 Å². The number of rotatable bonds is 9. The summed E-state index contributed by atoms with van der Waals surface area (Å²) in [4.78, 5) is 21.7. The average molecular weight is 496 g/mol. The molecule has 2 aromatic carbocycles. The fourth-order valence-electron chi connectivity index (χ4n) is 3.08. The van der Waals surface area contributed by atoms with E-state index in [4.69, 9.17) is 17.0 Å². The quantitative estimate of drug-likeness (QED) is 0.196. The Hall–Kier alpha value is -3.49. The molecule has 12 nitrogen and oxygen atoms in total. The monoisotopic (exact) mass is 495 g/mol. The number of carbonyl (C=O) groups is 1. The molecule has 1 atom stereocenters. The van der Waals surface area contributed by atoms with Crippen LogP contribution in [-0.4, -0.2) is 48.8 Å². The highest BCUT2D eigenvalue weighted by Gasteiger charge is 2.23. The van der Waals surface area contributed by atoms with Gasteiger partial charge < -0.3 is 15.2 Å². The Morgan fingerprint density at radius 1 is 1.24 bits per heavy atom. The number of thiocarbonyl (C=S) groups is 1. The molecule has 1 fully saturated rings. The summed E-state index contributed by atoms with van der Waals surface area (Å²) in [7, 11) is -4.31. The average Bonchev–Trinajstić information content (AvgIpc) is 3.29. The van der Waals surface area contributed by atoms with Crippen molar-refractivity contribution in [1.82, 2.24) is 10.7 Å². The minimum absolute atomic E-state index is 0.0221. The molecule has 0 radical (unpaired) electrons. The smallest absolute Gasteiger partial charge is 0.337 e. The maximum atomic E-state index is 12.7. The molecular formula is C19H21N5O7S2. The molecule has 1 aliphatic heterocycles. The van der Waals surface area contributed by atoms with Crippen molar-refractivity contribution in [3.63, 3.8) is 0 Å². The van der Waals surface area contributed by atoms with Crippen LogP contribution < -0.4 is 20.9 Å². The van der Waals surface area contributed by atoms with Crippen LogP contribution in [0.3, 0.4) is 0 Å². The molecule has 0 aliphatic carbocycles. The molecule has 176 valence electrons. The molecule has 1 saturated heterocycles. The van der Waals surface area contributed by atoms with Crippen molar-refractivity contribution < 1.29 is 28.0 Å². The Kier molecular flexibility index (Phi) is 7.63. The molecule has 0 spiro atoms. The van der Waals surface area contributed by atoms with Gasteiger partial charge in [-0.3, -0.25) is 25.7 Å². The lowest BCUT2D eigenvalue weighted by Crippen LogP contribution is -2.42. The van der Waals surface area contributed by atoms with Crippen LogP contribution >= 0.6 is 12.2 Å². The number of hydrazine groups is 1. The minimum Gasteiger partial charge on any atom is -0.478 e. The molecule has 2 aromatic rings. The van der Waals surface area contributed by atoms with Crippen LogP contribution in [-0.2, 0) is 14.8 Å². The zero-order valence-electron chi connectivity index (χ0n) is 17.1. The lowest BCUT2D eigenvalue weighted by molar-refractivity contribution is -0.384. The van der Waals surface area contributed by atoms with E-state index in [-0.39, 0.29) is 28.2 Å². The van der Waals surface area contributed by atoms with Crippen molar-refractivity contribution in [2.24, 2.45) is 0 Å². The normalized spacial score (nSPS) is 15.5. The van der Waals surface area contributed by atoms with E-state index in [0.29, 0.717) is 13.2 Å². The molecule has 1 heterocycles. The standard InChI is InChI=1S/C19H21N5O7S2/c25-18(26)14-5-1-2-6-15(14)23-33(29,30)13-7-8-16(17(10-13)24(27)28)21-22-19(32)20-11-12-4-3-9-31-12/h1-2,5-8,10,12,21,23H,3-4,9,11H2,(H,25,26)(H2,20,22,32). The summed E-state index contributed by atoms with van der Waals surface area (Å²) < 4.78 is 33.1. The van der Waals surface area contributed by atoms with Gasteiger partial charge in [0.15, 0.2) is 5.11 Å². The van der Waals surface area contributed by atoms with Crippen molar-refractivity contribution in [1.29, 1.82) is 0 Å². The van der Waals surface area contributed by atoms with Crippen LogP contribution in [0.2, 0.25) is 0 Å². The van der Waals surface area contributed by atoms with E-state index >= 15 is 0 Å². The van der Waals surface area contributed by atoms with Crippen LogP contribution in [0.5, 0.6) is 0 Å². The number of carboxylic acid groups (broad SMARTS) is 1. The molecule has 1 unspecified atom stereocenters. The number of nitro groups is 1. The molecule has 1 aliphatic rings. The molecule has 0 amide bonds. The molecule has 33 heavy (non-hydrogen) atoms. The van der Waals surface area contributed by atoms with Crippen LogP contribution in [0.4, 0.5) is 17.1 Å². The van der Waals surface area contributed by atoms with Crippen molar-refractivity contribution in [3.05, 3.63) is 58.1 Å². The Balaban J connectivity index is 1.73. The van der Waals surface area contributed by atoms with Crippen LogP contribution in [0, 0.1) is 10.1 Å². The first kappa shape index (κ1) is 24.2. The lowest BCUT2D eigenvalue weighted by Gasteiger charge is -2.15. The van der Waals surface area contributed by atoms with Crippen molar-refractivity contribution >= 4 is 50.4 Å². The van der Waals surface area contributed by atoms with E-state index in [0.717, 1.165) is 25.0 Å². The van der Waals surface area contributed by atoms with Gasteiger partial charge in [0.05, 0.1) is 27.2 Å². The highest BCUT2D eigenvalue weighted by atomic mass is 32.2. The molecule has 3 rings (SSSR count). The Morgan fingerprint density at radius 3 is 2.67 bits per heavy atom. The number of sulfonamides is 1. The number of nitro benzene ring substituents is 1. The summed E-state index contributed by atoms with van der Waals surface area (Å²) in [6.07, 6.45) is 1.93. The highest BCUT2D eigenvalue weighted by molar-refractivity contribution is 7.92. The molecule has 5 N–H and O–H groups in total. The predicted octanol–water partition coefficient (Wildman–Crippen LogP) is 2.06. The number of carboxylic acids is 1. The van der Waals surface area contributed by atoms with Crippen molar-refractivity contribution in [3.8, 4) is 0 Å². The summed E-state index contributed by atoms with van der Waals surface area (Å²) in [5.74, 6) is -1.33. The SMILES string of the molecule is O=C(O)c1ccccc1NS(=O)(=O)c1ccc(NNC(=S)NCC2CCCO2)c([N+](=O)[O-])c1. The summed E-state index contributed by atoms with van der Waals surface area (Å²) in [5, 5.41) is 23.9. The van der Waals surface area contributed by atoms with E-state index in [2.05, 4.69) is 20.9 Å². The van der Waals surface area contributed by atoms with Gasteiger partial charge in [-0.05, 0) is 49.3 Å². The third-order valence-corrected chi connectivity index (χ3v) is 6.31. The summed E-state index contributed by atoms with van der Waals surface area (Å²) in [6, 6.07) is 8.62. The number of nitrogens with zero attached hydrogens (tertiary/aromatic N) is 1. The van der Waals surface area contributed by atoms with Gasteiger partial charge in [-0.15, -0.1) is 0 Å². The van der Waals surface area contributed by atoms with Gasteiger partial charge in [0.25, 0.3) is 15.7 Å². The Labute approximate surface area is 194 Å². The van der Waals surface area contributed by atoms with Gasteiger partial charge in [-0.2, -0.15) is 0 Å². The van der Waals surface area contributed by atoms with E-state index < -0.39 is 31.5 Å². The summed E-state index contributed by atoms with van der Waals surface area (Å²) in [5.41, 5.74) is 4.23. The number of benzene rings is 2. The van der Waals surface area contributed by atoms with Crippen LogP contribution in [0.1, 0.15) is 23.2 Å². The largest absolute Gasteiger partial charge is 0.478 e. The van der Waals surface area contributed by atoms with Gasteiger partial charge in [-0.25, -0.2) is 13.2 Å². The molecular weight excluding hydrogens is 474 g/mol. The van der Waals surface area contributed by atoms with Crippen LogP contribution in [0.15, 0.2) is 47.4 Å². The first-order chi connectivity index (χ1) is 15.7. The summed E-state index contributed by atoms with van der Waals surface area (Å²) in [6.45, 7) is 1.18. The van der Waals surface area contributed by atoms with Gasteiger partial charge in [-0.1, -0.05) is 12.1 Å².